The number of rotatable bonds is 0. The maximum Gasteiger partial charge on any atom is 0.169 e. The Labute approximate surface area is 135 Å². The minimum atomic E-state index is -0.112. The molecule has 3 unspecified atom stereocenters. The molecule has 1 nitrogen and oxygen atoms in total. The minimum absolute atomic E-state index is 0.112. The summed E-state index contributed by atoms with van der Waals surface area (Å²) in [6.07, 6.45) is 8.86. The van der Waals surface area contributed by atoms with E-state index in [1.54, 1.807) is 0 Å². The molecule has 0 aromatic heterocycles. The number of hydrogen-bond donors (Lipinski definition) is 0. The van der Waals surface area contributed by atoms with Crippen molar-refractivity contribution in [3.63, 3.8) is 0 Å². The minimum Gasteiger partial charge on any atom is -0.294 e. The molecule has 5 rings (SSSR count). The van der Waals surface area contributed by atoms with Crippen LogP contribution in [0.15, 0.2) is 42.5 Å². The first kappa shape index (κ1) is 12.9. The summed E-state index contributed by atoms with van der Waals surface area (Å²) in [6, 6.07) is 10.1. The second-order valence-corrected chi connectivity index (χ2v) is 7.55. The number of allylic oxidation sites excluding steroid dienone is 2. The highest BCUT2D eigenvalue weighted by molar-refractivity contribution is 6.35. The van der Waals surface area contributed by atoms with Gasteiger partial charge in [0, 0.05) is 21.4 Å². The van der Waals surface area contributed by atoms with Crippen molar-refractivity contribution in [3.05, 3.63) is 58.6 Å². The Hall–Kier alpha value is -1.60. The van der Waals surface area contributed by atoms with Gasteiger partial charge in [0.2, 0.25) is 0 Å². The van der Waals surface area contributed by atoms with Crippen LogP contribution in [0.1, 0.15) is 35.2 Å². The number of carbonyl (C=O) groups is 1. The van der Waals surface area contributed by atoms with Crippen LogP contribution in [0.5, 0.6) is 0 Å². The molecule has 2 heteroatoms. The quantitative estimate of drug-likeness (QED) is 0.611. The lowest BCUT2D eigenvalue weighted by molar-refractivity contribution is 0.0703. The van der Waals surface area contributed by atoms with Crippen LogP contribution in [0.3, 0.4) is 0 Å². The number of halogens is 1. The van der Waals surface area contributed by atoms with Crippen molar-refractivity contribution in [2.75, 3.05) is 0 Å². The Morgan fingerprint density at radius 2 is 2.09 bits per heavy atom. The van der Waals surface area contributed by atoms with Crippen LogP contribution in [0.2, 0.25) is 5.02 Å². The number of hydrogen-bond acceptors (Lipinski definition) is 1. The largest absolute Gasteiger partial charge is 0.294 e. The van der Waals surface area contributed by atoms with Crippen molar-refractivity contribution in [2.24, 2.45) is 17.3 Å². The van der Waals surface area contributed by atoms with Crippen LogP contribution < -0.4 is 0 Å². The summed E-state index contributed by atoms with van der Waals surface area (Å²) < 4.78 is 0. The second kappa shape index (κ2) is 4.23. The average molecular weight is 309 g/mol. The molecule has 0 N–H and O–H groups in total. The van der Waals surface area contributed by atoms with Crippen molar-refractivity contribution in [1.29, 1.82) is 0 Å². The fourth-order valence-electron chi connectivity index (χ4n) is 4.99. The van der Waals surface area contributed by atoms with E-state index in [4.69, 9.17) is 11.6 Å². The molecule has 2 aromatic rings. The number of carbonyl (C=O) groups excluding carboxylic acids is 1. The summed E-state index contributed by atoms with van der Waals surface area (Å²) in [4.78, 5) is 13.3. The van der Waals surface area contributed by atoms with Gasteiger partial charge in [-0.1, -0.05) is 35.9 Å². The van der Waals surface area contributed by atoms with E-state index < -0.39 is 0 Å². The molecule has 1 saturated carbocycles. The van der Waals surface area contributed by atoms with Gasteiger partial charge < -0.3 is 0 Å². The highest BCUT2D eigenvalue weighted by Crippen LogP contribution is 2.57. The highest BCUT2D eigenvalue weighted by Gasteiger charge is 2.54. The van der Waals surface area contributed by atoms with Gasteiger partial charge in [0.1, 0.15) is 0 Å². The molecule has 3 atom stereocenters. The Kier molecular flexibility index (Phi) is 2.48. The molecule has 0 heterocycles. The molecule has 0 saturated heterocycles. The molecule has 2 aromatic carbocycles. The normalized spacial score (nSPS) is 32.1. The van der Waals surface area contributed by atoms with E-state index in [0.29, 0.717) is 17.6 Å². The zero-order chi connectivity index (χ0) is 14.9. The first-order valence-corrected chi connectivity index (χ1v) is 8.49. The summed E-state index contributed by atoms with van der Waals surface area (Å²) in [5.74, 6) is 1.48. The van der Waals surface area contributed by atoms with Gasteiger partial charge in [-0.3, -0.25) is 4.79 Å². The zero-order valence-corrected chi connectivity index (χ0v) is 13.1. The van der Waals surface area contributed by atoms with Gasteiger partial charge in [-0.15, -0.1) is 0 Å². The topological polar surface area (TPSA) is 17.1 Å². The van der Waals surface area contributed by atoms with Crippen molar-refractivity contribution < 1.29 is 4.79 Å². The van der Waals surface area contributed by atoms with Gasteiger partial charge in [0.15, 0.2) is 5.78 Å². The first-order valence-electron chi connectivity index (χ1n) is 8.12. The van der Waals surface area contributed by atoms with E-state index in [2.05, 4.69) is 30.4 Å². The number of benzene rings is 2. The van der Waals surface area contributed by atoms with E-state index in [-0.39, 0.29) is 5.41 Å². The van der Waals surface area contributed by atoms with Crippen LogP contribution in [0.4, 0.5) is 0 Å². The molecule has 1 spiro atoms. The summed E-state index contributed by atoms with van der Waals surface area (Å²) >= 11 is 6.31. The monoisotopic (exact) mass is 308 g/mol. The summed E-state index contributed by atoms with van der Waals surface area (Å²) in [5, 5.41) is 2.92. The lowest BCUT2D eigenvalue weighted by Crippen LogP contribution is -2.39. The standard InChI is InChI=1S/C20H17ClO/c21-18-3-1-2-13-10-17-14(9-16(13)18)6-7-20(19(17)22)11-12-4-5-15(20)8-12/h1-5,9-10,12,15H,6-8,11H2. The van der Waals surface area contributed by atoms with Gasteiger partial charge in [0.25, 0.3) is 0 Å². The number of Topliss-reactive ketones (excluding diaryl/α,β-unsaturated/α-hetero) is 1. The SMILES string of the molecule is O=C1c2cc3cccc(Cl)c3cc2CCC12CC1C=CC2C1. The van der Waals surface area contributed by atoms with Crippen LogP contribution >= 0.6 is 11.6 Å². The van der Waals surface area contributed by atoms with Gasteiger partial charge >= 0.3 is 0 Å². The summed E-state index contributed by atoms with van der Waals surface area (Å²) in [6.45, 7) is 0. The van der Waals surface area contributed by atoms with Crippen LogP contribution in [-0.2, 0) is 6.42 Å². The Balaban J connectivity index is 1.69. The van der Waals surface area contributed by atoms with Crippen molar-refractivity contribution in [1.82, 2.24) is 0 Å². The van der Waals surface area contributed by atoms with E-state index in [0.717, 1.165) is 40.6 Å². The predicted octanol–water partition coefficient (Wildman–Crippen LogP) is 5.20. The smallest absolute Gasteiger partial charge is 0.169 e. The molecule has 0 radical (unpaired) electrons. The molecule has 1 fully saturated rings. The molecular formula is C20H17ClO. The molecular weight excluding hydrogens is 292 g/mol. The lowest BCUT2D eigenvalue weighted by Gasteiger charge is -2.38. The van der Waals surface area contributed by atoms with Gasteiger partial charge in [-0.25, -0.2) is 0 Å². The van der Waals surface area contributed by atoms with E-state index in [1.165, 1.54) is 12.0 Å². The van der Waals surface area contributed by atoms with Crippen LogP contribution in [-0.4, -0.2) is 5.78 Å². The van der Waals surface area contributed by atoms with Crippen LogP contribution in [0.25, 0.3) is 10.8 Å². The van der Waals surface area contributed by atoms with E-state index in [9.17, 15) is 4.79 Å². The maximum absolute atomic E-state index is 13.3. The lowest BCUT2D eigenvalue weighted by atomic mass is 9.63. The predicted molar refractivity (Wildman–Crippen MR) is 89.4 cm³/mol. The molecule has 22 heavy (non-hydrogen) atoms. The average Bonchev–Trinajstić information content (AvgIpc) is 3.12. The molecule has 3 aliphatic rings. The fourth-order valence-corrected chi connectivity index (χ4v) is 5.23. The van der Waals surface area contributed by atoms with E-state index >= 15 is 0 Å². The molecule has 3 aliphatic carbocycles. The second-order valence-electron chi connectivity index (χ2n) is 7.15. The van der Waals surface area contributed by atoms with Crippen molar-refractivity contribution in [2.45, 2.75) is 25.7 Å². The van der Waals surface area contributed by atoms with Gasteiger partial charge in [-0.05, 0) is 66.7 Å². The van der Waals surface area contributed by atoms with Crippen molar-refractivity contribution in [3.8, 4) is 0 Å². The third kappa shape index (κ3) is 1.53. The number of fused-ring (bicyclic) bond motifs is 5. The Morgan fingerprint density at radius 1 is 1.18 bits per heavy atom. The molecule has 110 valence electrons. The van der Waals surface area contributed by atoms with Gasteiger partial charge in [0.05, 0.1) is 0 Å². The van der Waals surface area contributed by atoms with Crippen molar-refractivity contribution >= 4 is 28.2 Å². The Morgan fingerprint density at radius 3 is 2.86 bits per heavy atom. The number of aryl methyl sites for hydroxylation is 1. The molecule has 0 aliphatic heterocycles. The van der Waals surface area contributed by atoms with E-state index in [1.807, 2.05) is 12.1 Å². The summed E-state index contributed by atoms with van der Waals surface area (Å²) in [7, 11) is 0. The van der Waals surface area contributed by atoms with Gasteiger partial charge in [-0.2, -0.15) is 0 Å². The van der Waals surface area contributed by atoms with Crippen LogP contribution in [0, 0.1) is 17.3 Å². The third-order valence-corrected chi connectivity index (χ3v) is 6.43. The third-order valence-electron chi connectivity index (χ3n) is 6.10. The summed E-state index contributed by atoms with van der Waals surface area (Å²) in [5.41, 5.74) is 2.02. The first-order chi connectivity index (χ1) is 10.7. The molecule has 0 amide bonds. The zero-order valence-electron chi connectivity index (χ0n) is 12.3. The highest BCUT2D eigenvalue weighted by atomic mass is 35.5. The fraction of sp³-hybridized carbons (Fsp3) is 0.350. The Bertz CT molecular complexity index is 850. The molecule has 2 bridgehead atoms. The number of ketones is 1. The maximum atomic E-state index is 13.3.